The Kier molecular flexibility index (Phi) is 5.74. The lowest BCUT2D eigenvalue weighted by atomic mass is 9.99. The summed E-state index contributed by atoms with van der Waals surface area (Å²) in [6, 6.07) is 19.7. The minimum absolute atomic E-state index is 1.05. The van der Waals surface area contributed by atoms with Crippen LogP contribution in [0.3, 0.4) is 0 Å². The number of fused-ring (bicyclic) bond motifs is 1. The number of hydrogen-bond acceptors (Lipinski definition) is 1. The summed E-state index contributed by atoms with van der Waals surface area (Å²) in [6.07, 6.45) is 9.69. The predicted molar refractivity (Wildman–Crippen MR) is 116 cm³/mol. The van der Waals surface area contributed by atoms with Crippen LogP contribution in [-0.4, -0.2) is 29.1 Å². The van der Waals surface area contributed by atoms with E-state index in [2.05, 4.69) is 83.3 Å². The van der Waals surface area contributed by atoms with Crippen LogP contribution in [0.5, 0.6) is 0 Å². The minimum atomic E-state index is 1.05. The van der Waals surface area contributed by atoms with E-state index in [1.54, 1.807) is 0 Å². The minimum Gasteiger partial charge on any atom is -0.347 e. The van der Waals surface area contributed by atoms with E-state index >= 15 is 0 Å². The summed E-state index contributed by atoms with van der Waals surface area (Å²) in [5.41, 5.74) is 5.80. The highest BCUT2D eigenvalue weighted by molar-refractivity contribution is 5.83. The Morgan fingerprint density at radius 3 is 2.52 bits per heavy atom. The van der Waals surface area contributed by atoms with Gasteiger partial charge in [-0.25, -0.2) is 0 Å². The van der Waals surface area contributed by atoms with Crippen LogP contribution in [0.1, 0.15) is 37.3 Å². The molecule has 0 amide bonds. The van der Waals surface area contributed by atoms with E-state index in [0.717, 1.165) is 13.1 Å². The average Bonchev–Trinajstić information content (AvgIpc) is 3.10. The molecule has 0 spiro atoms. The fourth-order valence-electron chi connectivity index (χ4n) is 4.26. The van der Waals surface area contributed by atoms with Crippen molar-refractivity contribution in [2.45, 2.75) is 39.2 Å². The Balaban J connectivity index is 1.27. The average molecular weight is 359 g/mol. The van der Waals surface area contributed by atoms with Crippen molar-refractivity contribution < 1.29 is 0 Å². The van der Waals surface area contributed by atoms with Gasteiger partial charge in [0.1, 0.15) is 0 Å². The Bertz CT molecular complexity index is 904. The van der Waals surface area contributed by atoms with Crippen molar-refractivity contribution in [2.24, 2.45) is 0 Å². The SMILES string of the molecule is CCn1cc(CCCCN2CC=C(c3ccccc3)CC2)c2ccccc21. The molecule has 0 saturated carbocycles. The second-order valence-corrected chi connectivity index (χ2v) is 7.56. The van der Waals surface area contributed by atoms with Crippen LogP contribution in [0.4, 0.5) is 0 Å². The zero-order valence-corrected chi connectivity index (χ0v) is 16.4. The van der Waals surface area contributed by atoms with E-state index in [4.69, 9.17) is 0 Å². The van der Waals surface area contributed by atoms with Gasteiger partial charge in [-0.15, -0.1) is 0 Å². The normalized spacial score (nSPS) is 15.2. The summed E-state index contributed by atoms with van der Waals surface area (Å²) < 4.78 is 2.38. The standard InChI is InChI=1S/C25H30N2/c1-2-27-20-23(24-13-6-7-14-25(24)27)12-8-9-17-26-18-15-22(16-19-26)21-10-4-3-5-11-21/h3-7,10-11,13-15,20H,2,8-9,12,16-19H2,1H3. The number of unbranched alkanes of at least 4 members (excludes halogenated alkanes) is 1. The first-order valence-electron chi connectivity index (χ1n) is 10.4. The molecule has 2 heterocycles. The Morgan fingerprint density at radius 1 is 0.926 bits per heavy atom. The molecule has 0 saturated heterocycles. The molecule has 2 heteroatoms. The van der Waals surface area contributed by atoms with Crippen LogP contribution in [0.15, 0.2) is 66.9 Å². The lowest BCUT2D eigenvalue weighted by molar-refractivity contribution is 0.295. The van der Waals surface area contributed by atoms with Gasteiger partial charge in [-0.05, 0) is 61.9 Å². The number of para-hydroxylation sites is 1. The summed E-state index contributed by atoms with van der Waals surface area (Å²) in [5.74, 6) is 0. The van der Waals surface area contributed by atoms with Gasteiger partial charge >= 0.3 is 0 Å². The molecule has 27 heavy (non-hydrogen) atoms. The third-order valence-electron chi connectivity index (χ3n) is 5.82. The van der Waals surface area contributed by atoms with Gasteiger partial charge in [-0.2, -0.15) is 0 Å². The Morgan fingerprint density at radius 2 is 1.74 bits per heavy atom. The highest BCUT2D eigenvalue weighted by Gasteiger charge is 2.13. The lowest BCUT2D eigenvalue weighted by Crippen LogP contribution is -2.29. The maximum Gasteiger partial charge on any atom is 0.0483 e. The molecule has 0 atom stereocenters. The van der Waals surface area contributed by atoms with Crippen molar-refractivity contribution >= 4 is 16.5 Å². The molecule has 0 fully saturated rings. The monoisotopic (exact) mass is 358 g/mol. The highest BCUT2D eigenvalue weighted by atomic mass is 15.1. The maximum atomic E-state index is 2.60. The van der Waals surface area contributed by atoms with Crippen molar-refractivity contribution in [3.8, 4) is 0 Å². The molecule has 0 aliphatic carbocycles. The summed E-state index contributed by atoms with van der Waals surface area (Å²) in [5, 5.41) is 1.44. The Labute approximate surface area is 163 Å². The van der Waals surface area contributed by atoms with Crippen LogP contribution >= 0.6 is 0 Å². The molecule has 0 radical (unpaired) electrons. The largest absolute Gasteiger partial charge is 0.347 e. The molecule has 140 valence electrons. The van der Waals surface area contributed by atoms with Crippen LogP contribution in [0, 0.1) is 0 Å². The van der Waals surface area contributed by atoms with Gasteiger partial charge in [-0.3, -0.25) is 4.90 Å². The molecule has 1 aliphatic rings. The number of rotatable bonds is 7. The van der Waals surface area contributed by atoms with Gasteiger partial charge in [0, 0.05) is 36.7 Å². The number of nitrogens with zero attached hydrogens (tertiary/aromatic N) is 2. The fourth-order valence-corrected chi connectivity index (χ4v) is 4.26. The van der Waals surface area contributed by atoms with E-state index in [1.807, 2.05) is 0 Å². The number of aromatic nitrogens is 1. The number of aryl methyl sites for hydroxylation is 2. The smallest absolute Gasteiger partial charge is 0.0483 e. The van der Waals surface area contributed by atoms with E-state index in [-0.39, 0.29) is 0 Å². The van der Waals surface area contributed by atoms with Gasteiger partial charge in [0.2, 0.25) is 0 Å². The van der Waals surface area contributed by atoms with Gasteiger partial charge in [-0.1, -0.05) is 54.6 Å². The maximum absolute atomic E-state index is 2.60. The molecular weight excluding hydrogens is 328 g/mol. The molecule has 3 aromatic rings. The zero-order chi connectivity index (χ0) is 18.5. The van der Waals surface area contributed by atoms with Gasteiger partial charge in [0.05, 0.1) is 0 Å². The summed E-state index contributed by atoms with van der Waals surface area (Å²) in [4.78, 5) is 2.60. The second kappa shape index (κ2) is 8.58. The molecule has 0 bridgehead atoms. The molecule has 1 aromatic heterocycles. The van der Waals surface area contributed by atoms with E-state index < -0.39 is 0 Å². The fraction of sp³-hybridized carbons (Fsp3) is 0.360. The van der Waals surface area contributed by atoms with Crippen LogP contribution in [0.25, 0.3) is 16.5 Å². The number of benzene rings is 2. The Hall–Kier alpha value is -2.32. The summed E-state index contributed by atoms with van der Waals surface area (Å²) >= 11 is 0. The van der Waals surface area contributed by atoms with E-state index in [1.165, 1.54) is 66.4 Å². The third-order valence-corrected chi connectivity index (χ3v) is 5.82. The summed E-state index contributed by atoms with van der Waals surface area (Å²) in [6.45, 7) is 6.77. The van der Waals surface area contributed by atoms with Crippen molar-refractivity contribution in [3.05, 3.63) is 78.0 Å². The topological polar surface area (TPSA) is 8.17 Å². The first-order valence-corrected chi connectivity index (χ1v) is 10.4. The zero-order valence-electron chi connectivity index (χ0n) is 16.4. The quantitative estimate of drug-likeness (QED) is 0.487. The van der Waals surface area contributed by atoms with Crippen molar-refractivity contribution in [1.82, 2.24) is 9.47 Å². The van der Waals surface area contributed by atoms with Crippen molar-refractivity contribution in [3.63, 3.8) is 0 Å². The van der Waals surface area contributed by atoms with Crippen LogP contribution in [0.2, 0.25) is 0 Å². The van der Waals surface area contributed by atoms with Crippen molar-refractivity contribution in [2.75, 3.05) is 19.6 Å². The van der Waals surface area contributed by atoms with Crippen LogP contribution < -0.4 is 0 Å². The second-order valence-electron chi connectivity index (χ2n) is 7.56. The van der Waals surface area contributed by atoms with Gasteiger partial charge in [0.25, 0.3) is 0 Å². The molecule has 2 aromatic carbocycles. The molecule has 2 nitrogen and oxygen atoms in total. The van der Waals surface area contributed by atoms with E-state index in [0.29, 0.717) is 0 Å². The molecular formula is C25H30N2. The highest BCUT2D eigenvalue weighted by Crippen LogP contribution is 2.24. The van der Waals surface area contributed by atoms with E-state index in [9.17, 15) is 0 Å². The summed E-state index contributed by atoms with van der Waals surface area (Å²) in [7, 11) is 0. The lowest BCUT2D eigenvalue weighted by Gasteiger charge is -2.26. The molecule has 4 rings (SSSR count). The molecule has 1 aliphatic heterocycles. The third kappa shape index (κ3) is 4.17. The van der Waals surface area contributed by atoms with Gasteiger partial charge in [0.15, 0.2) is 0 Å². The van der Waals surface area contributed by atoms with Gasteiger partial charge < -0.3 is 4.57 Å². The molecule has 0 N–H and O–H groups in total. The van der Waals surface area contributed by atoms with Crippen LogP contribution in [-0.2, 0) is 13.0 Å². The van der Waals surface area contributed by atoms with Crippen molar-refractivity contribution in [1.29, 1.82) is 0 Å². The molecule has 0 unspecified atom stereocenters. The predicted octanol–water partition coefficient (Wildman–Crippen LogP) is 5.77. The number of hydrogen-bond donors (Lipinski definition) is 0. The first-order chi connectivity index (χ1) is 13.3. The first kappa shape index (κ1) is 18.1.